The predicted molar refractivity (Wildman–Crippen MR) is 144 cm³/mol. The molecule has 2 aliphatic carbocycles. The van der Waals surface area contributed by atoms with E-state index >= 15 is 8.78 Å². The fourth-order valence-corrected chi connectivity index (χ4v) is 6.39. The highest BCUT2D eigenvalue weighted by molar-refractivity contribution is 5.66. The minimum absolute atomic E-state index is 0.0374. The van der Waals surface area contributed by atoms with Gasteiger partial charge in [-0.2, -0.15) is 0 Å². The highest BCUT2D eigenvalue weighted by Gasteiger charge is 2.31. The summed E-state index contributed by atoms with van der Waals surface area (Å²) < 4.78 is 60.1. The van der Waals surface area contributed by atoms with Crippen LogP contribution in [0, 0.1) is 35.1 Å². The van der Waals surface area contributed by atoms with Crippen LogP contribution in [0.4, 0.5) is 17.6 Å². The lowest BCUT2D eigenvalue weighted by Crippen LogP contribution is -2.23. The zero-order valence-corrected chi connectivity index (χ0v) is 22.3. The molecule has 1 fully saturated rings. The van der Waals surface area contributed by atoms with Crippen molar-refractivity contribution in [3.63, 3.8) is 0 Å². The Balaban J connectivity index is 1.43. The average Bonchev–Trinajstić information content (AvgIpc) is 2.92. The predicted octanol–water partition coefficient (Wildman–Crippen LogP) is 10.6. The van der Waals surface area contributed by atoms with Crippen molar-refractivity contribution in [3.05, 3.63) is 82.5 Å². The summed E-state index contributed by atoms with van der Waals surface area (Å²) >= 11 is 0. The normalized spacial score (nSPS) is 22.4. The molecule has 2 aliphatic rings. The summed E-state index contributed by atoms with van der Waals surface area (Å²) in [5.41, 5.74) is 1.65. The number of halogens is 4. The number of hydrogen-bond acceptors (Lipinski definition) is 0. The second kappa shape index (κ2) is 12.9. The minimum Gasteiger partial charge on any atom is -0.203 e. The molecular weight excluding hydrogens is 472 g/mol. The van der Waals surface area contributed by atoms with Gasteiger partial charge in [0, 0.05) is 11.1 Å². The van der Waals surface area contributed by atoms with Gasteiger partial charge in [0.05, 0.1) is 0 Å². The molecule has 2 aromatic rings. The molecule has 0 spiro atoms. The van der Waals surface area contributed by atoms with Crippen molar-refractivity contribution >= 4 is 0 Å². The zero-order valence-electron chi connectivity index (χ0n) is 22.3. The third kappa shape index (κ3) is 6.38. The maximum absolute atomic E-state index is 15.2. The first kappa shape index (κ1) is 27.7. The van der Waals surface area contributed by atoms with Gasteiger partial charge < -0.3 is 0 Å². The van der Waals surface area contributed by atoms with Gasteiger partial charge in [0.1, 0.15) is 0 Å². The quantitative estimate of drug-likeness (QED) is 0.231. The van der Waals surface area contributed by atoms with E-state index in [1.807, 2.05) is 6.92 Å². The summed E-state index contributed by atoms with van der Waals surface area (Å²) in [6, 6.07) is 5.90. The Morgan fingerprint density at radius 3 is 2.11 bits per heavy atom. The molecule has 0 aliphatic heterocycles. The molecule has 4 heteroatoms. The Hall–Kier alpha value is -2.36. The van der Waals surface area contributed by atoms with Crippen LogP contribution in [0.25, 0.3) is 11.1 Å². The molecule has 2 aromatic carbocycles. The van der Waals surface area contributed by atoms with E-state index < -0.39 is 23.3 Å². The summed E-state index contributed by atoms with van der Waals surface area (Å²) in [6.45, 7) is 4.14. The van der Waals surface area contributed by atoms with Crippen LogP contribution in [0.5, 0.6) is 0 Å². The first-order valence-electron chi connectivity index (χ1n) is 14.2. The monoisotopic (exact) mass is 512 g/mol. The number of aryl methyl sites for hydroxylation is 1. The van der Waals surface area contributed by atoms with E-state index in [-0.39, 0.29) is 22.6 Å². The molecule has 0 N–H and O–H groups in total. The van der Waals surface area contributed by atoms with E-state index in [0.717, 1.165) is 64.2 Å². The van der Waals surface area contributed by atoms with E-state index in [2.05, 4.69) is 25.2 Å². The maximum atomic E-state index is 15.2. The summed E-state index contributed by atoms with van der Waals surface area (Å²) in [7, 11) is 0. The van der Waals surface area contributed by atoms with E-state index in [9.17, 15) is 8.78 Å². The van der Waals surface area contributed by atoms with Crippen molar-refractivity contribution in [3.8, 4) is 11.1 Å². The van der Waals surface area contributed by atoms with Crippen molar-refractivity contribution in [1.29, 1.82) is 0 Å². The van der Waals surface area contributed by atoms with E-state index in [0.29, 0.717) is 23.8 Å². The third-order valence-corrected chi connectivity index (χ3v) is 8.61. The molecule has 0 aromatic heterocycles. The number of allylic oxidation sites excluding steroid dienone is 4. The number of rotatable bonds is 9. The second-order valence-corrected chi connectivity index (χ2v) is 11.0. The first-order valence-corrected chi connectivity index (χ1v) is 14.2. The standard InChI is InChI=1S/C33H40F4/c1-3-5-6-7-9-26-18-19-28(32(36)30(26)34)29-21-20-27(31(35)33(29)37)25-16-14-24(15-17-25)23-12-10-22(8-4-2)11-13-23/h4,8,10,18-21,23-25H,3,5-7,9,11-17H2,1-2H3/b8-4+. The highest BCUT2D eigenvalue weighted by atomic mass is 19.2. The topological polar surface area (TPSA) is 0 Å². The maximum Gasteiger partial charge on any atom is 0.167 e. The second-order valence-electron chi connectivity index (χ2n) is 11.0. The van der Waals surface area contributed by atoms with Gasteiger partial charge in [0.2, 0.25) is 0 Å². The van der Waals surface area contributed by atoms with Crippen LogP contribution in [-0.2, 0) is 6.42 Å². The number of hydrogen-bond donors (Lipinski definition) is 0. The van der Waals surface area contributed by atoms with Crippen LogP contribution in [0.2, 0.25) is 0 Å². The highest BCUT2D eigenvalue weighted by Crippen LogP contribution is 2.44. The van der Waals surface area contributed by atoms with Crippen LogP contribution >= 0.6 is 0 Å². The summed E-state index contributed by atoms with van der Waals surface area (Å²) in [5, 5.41) is 0. The Morgan fingerprint density at radius 1 is 0.757 bits per heavy atom. The fraction of sp³-hybridized carbons (Fsp3) is 0.515. The minimum atomic E-state index is -1.10. The van der Waals surface area contributed by atoms with Crippen LogP contribution in [-0.4, -0.2) is 0 Å². The third-order valence-electron chi connectivity index (χ3n) is 8.61. The zero-order chi connectivity index (χ0) is 26.4. The Morgan fingerprint density at radius 2 is 1.46 bits per heavy atom. The molecule has 4 rings (SSSR count). The molecule has 0 bridgehead atoms. The fourth-order valence-electron chi connectivity index (χ4n) is 6.39. The SMILES string of the molecule is C/C=C/C1=CCC(C2CCC(c3ccc(-c4ccc(CCCCCC)c(F)c4F)c(F)c3F)CC2)CC1. The molecular formula is C33H40F4. The molecule has 1 saturated carbocycles. The Kier molecular flexibility index (Phi) is 9.67. The van der Waals surface area contributed by atoms with Crippen molar-refractivity contribution in [2.75, 3.05) is 0 Å². The molecule has 0 radical (unpaired) electrons. The van der Waals surface area contributed by atoms with Crippen LogP contribution in [0.3, 0.4) is 0 Å². The molecule has 0 saturated heterocycles. The summed E-state index contributed by atoms with van der Waals surface area (Å²) in [4.78, 5) is 0. The summed E-state index contributed by atoms with van der Waals surface area (Å²) in [5.74, 6) is -2.78. The van der Waals surface area contributed by atoms with Crippen molar-refractivity contribution in [1.82, 2.24) is 0 Å². The van der Waals surface area contributed by atoms with Crippen molar-refractivity contribution in [2.45, 2.75) is 96.8 Å². The lowest BCUT2D eigenvalue weighted by atomic mass is 9.70. The van der Waals surface area contributed by atoms with E-state index in [1.54, 1.807) is 6.07 Å². The first-order chi connectivity index (χ1) is 17.9. The average molecular weight is 513 g/mol. The molecule has 0 heterocycles. The van der Waals surface area contributed by atoms with Gasteiger partial charge in [0.15, 0.2) is 23.3 Å². The van der Waals surface area contributed by atoms with E-state index in [4.69, 9.17) is 0 Å². The molecule has 0 amide bonds. The molecule has 1 unspecified atom stereocenters. The van der Waals surface area contributed by atoms with Gasteiger partial charge in [-0.05, 0) is 93.6 Å². The lowest BCUT2D eigenvalue weighted by Gasteiger charge is -2.35. The van der Waals surface area contributed by atoms with Crippen molar-refractivity contribution in [2.24, 2.45) is 11.8 Å². The van der Waals surface area contributed by atoms with Crippen LogP contribution < -0.4 is 0 Å². The van der Waals surface area contributed by atoms with Gasteiger partial charge in [0.25, 0.3) is 0 Å². The smallest absolute Gasteiger partial charge is 0.167 e. The molecule has 37 heavy (non-hydrogen) atoms. The Bertz CT molecular complexity index is 1120. The van der Waals surface area contributed by atoms with Gasteiger partial charge in [-0.25, -0.2) is 17.6 Å². The van der Waals surface area contributed by atoms with Crippen LogP contribution in [0.15, 0.2) is 48.1 Å². The van der Waals surface area contributed by atoms with Crippen molar-refractivity contribution < 1.29 is 17.6 Å². The number of unbranched alkanes of at least 4 members (excludes halogenated alkanes) is 3. The largest absolute Gasteiger partial charge is 0.203 e. The molecule has 0 nitrogen and oxygen atoms in total. The van der Waals surface area contributed by atoms with Gasteiger partial charge >= 0.3 is 0 Å². The number of benzene rings is 2. The van der Waals surface area contributed by atoms with Gasteiger partial charge in [-0.1, -0.05) is 74.3 Å². The Labute approximate surface area is 219 Å². The molecule has 1 atom stereocenters. The summed E-state index contributed by atoms with van der Waals surface area (Å²) in [6.07, 6.45) is 18.0. The molecule has 200 valence electrons. The van der Waals surface area contributed by atoms with Crippen LogP contribution in [0.1, 0.15) is 102 Å². The lowest BCUT2D eigenvalue weighted by molar-refractivity contribution is 0.216. The van der Waals surface area contributed by atoms with Gasteiger partial charge in [-0.3, -0.25) is 0 Å². The van der Waals surface area contributed by atoms with Gasteiger partial charge in [-0.15, -0.1) is 0 Å². The van der Waals surface area contributed by atoms with E-state index in [1.165, 1.54) is 30.2 Å².